The highest BCUT2D eigenvalue weighted by Crippen LogP contribution is 2.21. The molecule has 3 heteroatoms. The fraction of sp³-hybridized carbons (Fsp3) is 0.154. The van der Waals surface area contributed by atoms with Crippen LogP contribution in [0.25, 0.3) is 10.1 Å². The van der Waals surface area contributed by atoms with Crippen LogP contribution < -0.4 is 0 Å². The van der Waals surface area contributed by atoms with E-state index < -0.39 is 0 Å². The lowest BCUT2D eigenvalue weighted by Gasteiger charge is -1.92. The van der Waals surface area contributed by atoms with Crippen LogP contribution in [0, 0.1) is 11.8 Å². The Morgan fingerprint density at radius 1 is 1.44 bits per heavy atom. The van der Waals surface area contributed by atoms with Gasteiger partial charge in [0.05, 0.1) is 7.11 Å². The highest BCUT2D eigenvalue weighted by atomic mass is 32.1. The molecule has 1 aromatic heterocycles. The van der Waals surface area contributed by atoms with Gasteiger partial charge in [-0.1, -0.05) is 17.9 Å². The van der Waals surface area contributed by atoms with Gasteiger partial charge >= 0.3 is 5.97 Å². The maximum absolute atomic E-state index is 10.9. The molecule has 0 amide bonds. The maximum Gasteiger partial charge on any atom is 0.317 e. The Morgan fingerprint density at radius 3 is 3.12 bits per heavy atom. The number of ether oxygens (including phenoxy) is 1. The summed E-state index contributed by atoms with van der Waals surface area (Å²) in [5, 5.41) is 3.28. The quantitative estimate of drug-likeness (QED) is 0.556. The number of fused-ring (bicyclic) bond motifs is 1. The second kappa shape index (κ2) is 4.82. The standard InChI is InChI=1S/C13H10O2S/c1-15-13(14)4-2-3-10-5-6-11-7-8-16-12(11)9-10/h5-9H,4H2,1H3. The minimum atomic E-state index is -0.301. The predicted molar refractivity (Wildman–Crippen MR) is 65.3 cm³/mol. The van der Waals surface area contributed by atoms with Crippen molar-refractivity contribution in [3.63, 3.8) is 0 Å². The van der Waals surface area contributed by atoms with E-state index in [0.29, 0.717) is 0 Å². The van der Waals surface area contributed by atoms with Gasteiger partial charge in [0.2, 0.25) is 0 Å². The lowest BCUT2D eigenvalue weighted by molar-refractivity contribution is -0.139. The highest BCUT2D eigenvalue weighted by Gasteiger charge is 1.96. The molecule has 0 bridgehead atoms. The van der Waals surface area contributed by atoms with Crippen LogP contribution in [-0.4, -0.2) is 13.1 Å². The molecular formula is C13H10O2S. The van der Waals surface area contributed by atoms with Gasteiger partial charge in [0.1, 0.15) is 6.42 Å². The first-order chi connectivity index (χ1) is 7.79. The average Bonchev–Trinajstić information content (AvgIpc) is 2.76. The number of benzene rings is 1. The Bertz CT molecular complexity index is 572. The number of methoxy groups -OCH3 is 1. The van der Waals surface area contributed by atoms with Gasteiger partial charge in [-0.05, 0) is 29.0 Å². The second-order valence-corrected chi connectivity index (χ2v) is 4.18. The molecule has 80 valence electrons. The zero-order chi connectivity index (χ0) is 11.4. The smallest absolute Gasteiger partial charge is 0.317 e. The molecule has 1 aromatic carbocycles. The van der Waals surface area contributed by atoms with Crippen LogP contribution in [-0.2, 0) is 9.53 Å². The summed E-state index contributed by atoms with van der Waals surface area (Å²) in [6, 6.07) is 8.10. The third-order valence-corrected chi connectivity index (χ3v) is 3.03. The first-order valence-electron chi connectivity index (χ1n) is 4.82. The van der Waals surface area contributed by atoms with Gasteiger partial charge in [0.25, 0.3) is 0 Å². The molecule has 2 nitrogen and oxygen atoms in total. The van der Waals surface area contributed by atoms with Crippen molar-refractivity contribution < 1.29 is 9.53 Å². The summed E-state index contributed by atoms with van der Waals surface area (Å²) < 4.78 is 5.72. The number of carbonyl (C=O) groups excluding carboxylic acids is 1. The first-order valence-corrected chi connectivity index (χ1v) is 5.70. The van der Waals surface area contributed by atoms with E-state index in [-0.39, 0.29) is 12.4 Å². The minimum Gasteiger partial charge on any atom is -0.468 e. The molecule has 0 radical (unpaired) electrons. The Labute approximate surface area is 97.9 Å². The van der Waals surface area contributed by atoms with Crippen molar-refractivity contribution >= 4 is 27.4 Å². The molecule has 1 heterocycles. The molecule has 0 aliphatic rings. The van der Waals surface area contributed by atoms with Gasteiger partial charge in [0, 0.05) is 10.3 Å². The topological polar surface area (TPSA) is 26.3 Å². The minimum absolute atomic E-state index is 0.138. The van der Waals surface area contributed by atoms with Crippen molar-refractivity contribution in [1.29, 1.82) is 0 Å². The molecule has 0 atom stereocenters. The van der Waals surface area contributed by atoms with Crippen molar-refractivity contribution in [3.05, 3.63) is 35.2 Å². The molecule has 0 aliphatic heterocycles. The summed E-state index contributed by atoms with van der Waals surface area (Å²) in [6.07, 6.45) is 0.138. The molecule has 0 N–H and O–H groups in total. The van der Waals surface area contributed by atoms with E-state index in [9.17, 15) is 4.79 Å². The molecule has 16 heavy (non-hydrogen) atoms. The summed E-state index contributed by atoms with van der Waals surface area (Å²) in [7, 11) is 1.36. The van der Waals surface area contributed by atoms with Crippen LogP contribution in [0.4, 0.5) is 0 Å². The van der Waals surface area contributed by atoms with Crippen LogP contribution in [0.5, 0.6) is 0 Å². The lowest BCUT2D eigenvalue weighted by atomic mass is 10.2. The molecule has 0 fully saturated rings. The number of thiophene rings is 1. The largest absolute Gasteiger partial charge is 0.468 e. The van der Waals surface area contributed by atoms with Crippen LogP contribution in [0.15, 0.2) is 29.6 Å². The summed E-state index contributed by atoms with van der Waals surface area (Å²) >= 11 is 1.69. The molecule has 2 aromatic rings. The molecule has 0 aliphatic carbocycles. The van der Waals surface area contributed by atoms with E-state index in [2.05, 4.69) is 28.0 Å². The average molecular weight is 230 g/mol. The van der Waals surface area contributed by atoms with E-state index in [1.807, 2.05) is 18.2 Å². The third kappa shape index (κ3) is 2.41. The number of carbonyl (C=O) groups is 1. The van der Waals surface area contributed by atoms with Crippen LogP contribution in [0.2, 0.25) is 0 Å². The van der Waals surface area contributed by atoms with Gasteiger partial charge in [-0.25, -0.2) is 0 Å². The van der Waals surface area contributed by atoms with Gasteiger partial charge in [-0.2, -0.15) is 0 Å². The molecular weight excluding hydrogens is 220 g/mol. The normalized spacial score (nSPS) is 9.56. The second-order valence-electron chi connectivity index (χ2n) is 3.23. The van der Waals surface area contributed by atoms with Gasteiger partial charge < -0.3 is 4.74 Å². The zero-order valence-corrected chi connectivity index (χ0v) is 9.64. The van der Waals surface area contributed by atoms with E-state index in [1.54, 1.807) is 11.3 Å². The number of hydrogen-bond donors (Lipinski definition) is 0. The van der Waals surface area contributed by atoms with Gasteiger partial charge in [-0.3, -0.25) is 4.79 Å². The van der Waals surface area contributed by atoms with E-state index >= 15 is 0 Å². The monoisotopic (exact) mass is 230 g/mol. The molecule has 0 unspecified atom stereocenters. The fourth-order valence-corrected chi connectivity index (χ4v) is 2.15. The molecule has 0 saturated heterocycles. The van der Waals surface area contributed by atoms with E-state index in [1.165, 1.54) is 17.2 Å². The lowest BCUT2D eigenvalue weighted by Crippen LogP contribution is -1.96. The van der Waals surface area contributed by atoms with Gasteiger partial charge in [0.15, 0.2) is 0 Å². The number of hydrogen-bond acceptors (Lipinski definition) is 3. The summed E-state index contributed by atoms with van der Waals surface area (Å²) in [5.41, 5.74) is 0.929. The molecule has 2 rings (SSSR count). The Kier molecular flexibility index (Phi) is 3.23. The Morgan fingerprint density at radius 2 is 2.31 bits per heavy atom. The van der Waals surface area contributed by atoms with Crippen molar-refractivity contribution in [3.8, 4) is 11.8 Å². The number of esters is 1. The summed E-state index contributed by atoms with van der Waals surface area (Å²) in [5.74, 6) is 5.44. The zero-order valence-electron chi connectivity index (χ0n) is 8.82. The van der Waals surface area contributed by atoms with Crippen molar-refractivity contribution in [2.24, 2.45) is 0 Å². The van der Waals surface area contributed by atoms with Crippen LogP contribution >= 0.6 is 11.3 Å². The number of rotatable bonds is 1. The predicted octanol–water partition coefficient (Wildman–Crippen LogP) is 2.82. The summed E-state index contributed by atoms with van der Waals surface area (Å²) in [6.45, 7) is 0. The Hall–Kier alpha value is -1.79. The Balaban J connectivity index is 2.17. The molecule has 0 spiro atoms. The third-order valence-electron chi connectivity index (χ3n) is 2.15. The fourth-order valence-electron chi connectivity index (χ4n) is 1.32. The van der Waals surface area contributed by atoms with Gasteiger partial charge in [-0.15, -0.1) is 11.3 Å². The van der Waals surface area contributed by atoms with E-state index in [4.69, 9.17) is 0 Å². The van der Waals surface area contributed by atoms with Crippen molar-refractivity contribution in [2.45, 2.75) is 6.42 Å². The SMILES string of the molecule is COC(=O)CC#Cc1ccc2ccsc2c1. The summed E-state index contributed by atoms with van der Waals surface area (Å²) in [4.78, 5) is 10.9. The van der Waals surface area contributed by atoms with Crippen molar-refractivity contribution in [2.75, 3.05) is 7.11 Å². The van der Waals surface area contributed by atoms with E-state index in [0.717, 1.165) is 5.56 Å². The highest BCUT2D eigenvalue weighted by molar-refractivity contribution is 7.17. The molecule has 0 saturated carbocycles. The van der Waals surface area contributed by atoms with Crippen LogP contribution in [0.1, 0.15) is 12.0 Å². The van der Waals surface area contributed by atoms with Crippen molar-refractivity contribution in [1.82, 2.24) is 0 Å². The van der Waals surface area contributed by atoms with Crippen LogP contribution in [0.3, 0.4) is 0 Å². The maximum atomic E-state index is 10.9. The first kappa shape index (κ1) is 10.7.